The van der Waals surface area contributed by atoms with E-state index in [1.54, 1.807) is 4.31 Å². The first-order valence-corrected chi connectivity index (χ1v) is 12.1. The lowest BCUT2D eigenvalue weighted by atomic mass is 9.78. The molecule has 11 heteroatoms. The fraction of sp³-hybridized carbons (Fsp3) is 0.947. The molecule has 2 aliphatic heterocycles. The third-order valence-corrected chi connectivity index (χ3v) is 8.94. The summed E-state index contributed by atoms with van der Waals surface area (Å²) in [6.07, 6.45) is 0.295. The van der Waals surface area contributed by atoms with Crippen molar-refractivity contribution in [2.24, 2.45) is 17.3 Å². The fourth-order valence-electron chi connectivity index (χ4n) is 4.39. The van der Waals surface area contributed by atoms with Gasteiger partial charge in [-0.2, -0.15) is 13.2 Å². The summed E-state index contributed by atoms with van der Waals surface area (Å²) < 4.78 is 64.7. The summed E-state index contributed by atoms with van der Waals surface area (Å²) in [6.45, 7) is 8.52. The number of ether oxygens (including phenoxy) is 1. The molecule has 2 heterocycles. The zero-order valence-corrected chi connectivity index (χ0v) is 18.1. The monoisotopic (exact) mass is 456 g/mol. The van der Waals surface area contributed by atoms with Gasteiger partial charge >= 0.3 is 12.1 Å². The highest BCUT2D eigenvalue weighted by atomic mass is 32.2. The number of sulfonamides is 1. The third kappa shape index (κ3) is 5.66. The first-order valence-electron chi connectivity index (χ1n) is 10.6. The highest BCUT2D eigenvalue weighted by Gasteiger charge is 2.54. The molecule has 0 aromatic heterocycles. The topological polar surface area (TPSA) is 87.2 Å². The minimum Gasteiger partial charge on any atom is -0.475 e. The van der Waals surface area contributed by atoms with E-state index in [2.05, 4.69) is 11.8 Å². The fourth-order valence-corrected chi connectivity index (χ4v) is 6.33. The zero-order chi connectivity index (χ0) is 22.2. The Morgan fingerprint density at radius 2 is 1.80 bits per heavy atom. The SMILES string of the molecule is CCN1C[C@H](COCC2CC2)[C@]2(CCN(S(=O)(=O)C3CC3)C2)C1.O=C(O)C(F)(F)F. The molecule has 0 bridgehead atoms. The van der Waals surface area contributed by atoms with Crippen LogP contribution in [-0.2, 0) is 19.6 Å². The smallest absolute Gasteiger partial charge is 0.475 e. The molecule has 174 valence electrons. The number of halogens is 3. The average molecular weight is 457 g/mol. The molecule has 0 aromatic carbocycles. The molecule has 0 aromatic rings. The Kier molecular flexibility index (Phi) is 7.06. The summed E-state index contributed by atoms with van der Waals surface area (Å²) in [7, 11) is -3.03. The Morgan fingerprint density at radius 1 is 1.17 bits per heavy atom. The van der Waals surface area contributed by atoms with Crippen LogP contribution < -0.4 is 0 Å². The summed E-state index contributed by atoms with van der Waals surface area (Å²) >= 11 is 0. The molecule has 0 unspecified atom stereocenters. The molecule has 0 amide bonds. The highest BCUT2D eigenvalue weighted by molar-refractivity contribution is 7.90. The molecule has 0 radical (unpaired) electrons. The molecule has 2 saturated heterocycles. The quantitative estimate of drug-likeness (QED) is 0.632. The van der Waals surface area contributed by atoms with E-state index in [1.807, 2.05) is 0 Å². The van der Waals surface area contributed by atoms with Crippen LogP contribution in [0.1, 0.15) is 39.0 Å². The van der Waals surface area contributed by atoms with Crippen molar-refractivity contribution >= 4 is 16.0 Å². The van der Waals surface area contributed by atoms with E-state index in [0.29, 0.717) is 5.92 Å². The highest BCUT2D eigenvalue weighted by Crippen LogP contribution is 2.46. The summed E-state index contributed by atoms with van der Waals surface area (Å²) in [5.41, 5.74) is 0.127. The van der Waals surface area contributed by atoms with Crippen molar-refractivity contribution in [1.82, 2.24) is 9.21 Å². The summed E-state index contributed by atoms with van der Waals surface area (Å²) in [5, 5.41) is 7.05. The largest absolute Gasteiger partial charge is 0.490 e. The number of hydrogen-bond acceptors (Lipinski definition) is 5. The maximum atomic E-state index is 12.6. The number of carboxylic acids is 1. The van der Waals surface area contributed by atoms with Crippen molar-refractivity contribution in [3.05, 3.63) is 0 Å². The molecular weight excluding hydrogens is 425 g/mol. The lowest BCUT2D eigenvalue weighted by Gasteiger charge is -2.30. The van der Waals surface area contributed by atoms with Crippen LogP contribution in [0.15, 0.2) is 0 Å². The van der Waals surface area contributed by atoms with Gasteiger partial charge in [0, 0.05) is 44.1 Å². The predicted octanol–water partition coefficient (Wildman–Crippen LogP) is 2.18. The van der Waals surface area contributed by atoms with Gasteiger partial charge in [0.25, 0.3) is 0 Å². The normalized spacial score (nSPS) is 30.5. The number of hydrogen-bond donors (Lipinski definition) is 1. The van der Waals surface area contributed by atoms with Gasteiger partial charge in [0.15, 0.2) is 0 Å². The molecule has 7 nitrogen and oxygen atoms in total. The van der Waals surface area contributed by atoms with Crippen LogP contribution in [0, 0.1) is 17.3 Å². The molecule has 2 atom stereocenters. The van der Waals surface area contributed by atoms with E-state index in [9.17, 15) is 21.6 Å². The maximum absolute atomic E-state index is 12.6. The van der Waals surface area contributed by atoms with Gasteiger partial charge in [0.2, 0.25) is 10.0 Å². The Balaban J connectivity index is 0.000000318. The number of rotatable bonds is 7. The van der Waals surface area contributed by atoms with Gasteiger partial charge in [-0.15, -0.1) is 0 Å². The van der Waals surface area contributed by atoms with Gasteiger partial charge in [-0.3, -0.25) is 0 Å². The molecule has 4 aliphatic rings. The Bertz CT molecular complexity index is 724. The molecule has 2 saturated carbocycles. The van der Waals surface area contributed by atoms with Crippen molar-refractivity contribution in [3.63, 3.8) is 0 Å². The molecule has 1 N–H and O–H groups in total. The summed E-state index contributed by atoms with van der Waals surface area (Å²) in [6, 6.07) is 0. The average Bonchev–Trinajstić information content (AvgIpc) is 3.59. The van der Waals surface area contributed by atoms with Gasteiger partial charge in [0.05, 0.1) is 11.9 Å². The Labute approximate surface area is 175 Å². The second kappa shape index (κ2) is 8.91. The van der Waals surface area contributed by atoms with Crippen LogP contribution in [0.3, 0.4) is 0 Å². The molecule has 4 fully saturated rings. The second-order valence-corrected chi connectivity index (χ2v) is 11.2. The number of carbonyl (C=O) groups is 1. The van der Waals surface area contributed by atoms with E-state index in [4.69, 9.17) is 14.6 Å². The van der Waals surface area contributed by atoms with E-state index < -0.39 is 22.2 Å². The van der Waals surface area contributed by atoms with Gasteiger partial charge < -0.3 is 14.7 Å². The lowest BCUT2D eigenvalue weighted by Crippen LogP contribution is -2.39. The maximum Gasteiger partial charge on any atom is 0.490 e. The Morgan fingerprint density at radius 3 is 2.30 bits per heavy atom. The minimum atomic E-state index is -5.08. The Hall–Kier alpha value is -0.910. The van der Waals surface area contributed by atoms with Crippen molar-refractivity contribution in [1.29, 1.82) is 0 Å². The minimum absolute atomic E-state index is 0.0779. The third-order valence-electron chi connectivity index (χ3n) is 6.60. The van der Waals surface area contributed by atoms with Gasteiger partial charge in [-0.1, -0.05) is 6.92 Å². The first-order chi connectivity index (χ1) is 14.0. The van der Waals surface area contributed by atoms with E-state index >= 15 is 0 Å². The first kappa shape index (κ1) is 23.7. The van der Waals surface area contributed by atoms with Crippen LogP contribution in [0.4, 0.5) is 13.2 Å². The molecule has 4 rings (SSSR count). The summed E-state index contributed by atoms with van der Waals surface area (Å²) in [4.78, 5) is 11.4. The van der Waals surface area contributed by atoms with Crippen LogP contribution >= 0.6 is 0 Å². The van der Waals surface area contributed by atoms with Crippen molar-refractivity contribution < 1.29 is 36.2 Å². The van der Waals surface area contributed by atoms with Crippen LogP contribution in [-0.4, -0.2) is 86.1 Å². The molecule has 1 spiro atoms. The number of likely N-dealkylation sites (tertiary alicyclic amines) is 1. The lowest BCUT2D eigenvalue weighted by molar-refractivity contribution is -0.192. The van der Waals surface area contributed by atoms with E-state index in [0.717, 1.165) is 71.1 Å². The van der Waals surface area contributed by atoms with Crippen molar-refractivity contribution in [2.45, 2.75) is 50.5 Å². The van der Waals surface area contributed by atoms with Crippen LogP contribution in [0.5, 0.6) is 0 Å². The van der Waals surface area contributed by atoms with Gasteiger partial charge in [-0.25, -0.2) is 17.5 Å². The molecule has 30 heavy (non-hydrogen) atoms. The van der Waals surface area contributed by atoms with Gasteiger partial charge in [0.1, 0.15) is 0 Å². The van der Waals surface area contributed by atoms with Crippen LogP contribution in [0.25, 0.3) is 0 Å². The van der Waals surface area contributed by atoms with Crippen LogP contribution in [0.2, 0.25) is 0 Å². The number of carboxylic acid groups (broad SMARTS) is 1. The summed E-state index contributed by atoms with van der Waals surface area (Å²) in [5.74, 6) is -1.47. The predicted molar refractivity (Wildman–Crippen MR) is 103 cm³/mol. The molecule has 2 aliphatic carbocycles. The van der Waals surface area contributed by atoms with Crippen molar-refractivity contribution in [3.8, 4) is 0 Å². The molecular formula is C19H31F3N2O5S. The number of alkyl halides is 3. The van der Waals surface area contributed by atoms with Crippen molar-refractivity contribution in [2.75, 3.05) is 45.9 Å². The standard InChI is InChI=1S/C17H30N2O3S.C2HF3O2/c1-2-18-9-15(11-22-10-14-3-4-14)17(12-18)7-8-19(13-17)23(20,21)16-5-6-16;3-2(4,5)1(6)7/h14-16H,2-13H2,1H3;(H,6,7)/t15-,17-;/m1./s1. The number of nitrogens with zero attached hydrogens (tertiary/aromatic N) is 2. The second-order valence-electron chi connectivity index (χ2n) is 9.00. The number of aliphatic carboxylic acids is 1. The van der Waals surface area contributed by atoms with E-state index in [1.165, 1.54) is 12.8 Å². The van der Waals surface area contributed by atoms with E-state index in [-0.39, 0.29) is 10.7 Å². The zero-order valence-electron chi connectivity index (χ0n) is 17.2. The van der Waals surface area contributed by atoms with Gasteiger partial charge in [-0.05, 0) is 44.6 Å².